The first-order chi connectivity index (χ1) is 8.56. The smallest absolute Gasteiger partial charge is 0.169 e. The fourth-order valence-electron chi connectivity index (χ4n) is 1.72. The van der Waals surface area contributed by atoms with E-state index in [-0.39, 0.29) is 18.0 Å². The van der Waals surface area contributed by atoms with E-state index in [1.54, 1.807) is 42.5 Å². The Kier molecular flexibility index (Phi) is 3.67. The molecular formula is C14H12BrNO2. The van der Waals surface area contributed by atoms with Gasteiger partial charge in [-0.2, -0.15) is 0 Å². The Morgan fingerprint density at radius 1 is 1.22 bits per heavy atom. The Balaban J connectivity index is 2.24. The molecule has 0 unspecified atom stereocenters. The standard InChI is InChI=1S/C14H12BrNO2/c15-10-4-5-13(16)12(8-10)14(18)7-9-2-1-3-11(17)6-9/h1-6,8,17H,7,16H2. The number of carbonyl (C=O) groups excluding carboxylic acids is 1. The third-order valence-corrected chi connectivity index (χ3v) is 3.08. The molecule has 2 aromatic rings. The third kappa shape index (κ3) is 2.90. The van der Waals surface area contributed by atoms with Crippen molar-refractivity contribution in [3.05, 3.63) is 58.1 Å². The van der Waals surface area contributed by atoms with Crippen molar-refractivity contribution < 1.29 is 9.90 Å². The van der Waals surface area contributed by atoms with Gasteiger partial charge in [-0.3, -0.25) is 4.79 Å². The van der Waals surface area contributed by atoms with Gasteiger partial charge in [0.2, 0.25) is 0 Å². The molecule has 2 aromatic carbocycles. The summed E-state index contributed by atoms with van der Waals surface area (Å²) < 4.78 is 0.816. The number of nitrogens with two attached hydrogens (primary N) is 1. The van der Waals surface area contributed by atoms with E-state index in [9.17, 15) is 9.90 Å². The van der Waals surface area contributed by atoms with Gasteiger partial charge in [-0.05, 0) is 35.9 Å². The maximum absolute atomic E-state index is 12.1. The molecule has 0 spiro atoms. The van der Waals surface area contributed by atoms with Crippen LogP contribution in [0.15, 0.2) is 46.9 Å². The number of phenols is 1. The second-order valence-electron chi connectivity index (χ2n) is 4.00. The third-order valence-electron chi connectivity index (χ3n) is 2.59. The van der Waals surface area contributed by atoms with Crippen molar-refractivity contribution in [3.8, 4) is 5.75 Å². The number of rotatable bonds is 3. The average molecular weight is 306 g/mol. The monoisotopic (exact) mass is 305 g/mol. The average Bonchev–Trinajstić information content (AvgIpc) is 2.32. The molecule has 18 heavy (non-hydrogen) atoms. The van der Waals surface area contributed by atoms with Crippen LogP contribution in [0.3, 0.4) is 0 Å². The fourth-order valence-corrected chi connectivity index (χ4v) is 2.08. The van der Waals surface area contributed by atoms with Gasteiger partial charge in [0.1, 0.15) is 5.75 Å². The second kappa shape index (κ2) is 5.23. The molecule has 4 heteroatoms. The molecule has 3 N–H and O–H groups in total. The van der Waals surface area contributed by atoms with Crippen molar-refractivity contribution in [2.75, 3.05) is 5.73 Å². The largest absolute Gasteiger partial charge is 0.508 e. The van der Waals surface area contributed by atoms with Gasteiger partial charge in [0.15, 0.2) is 5.78 Å². The summed E-state index contributed by atoms with van der Waals surface area (Å²) >= 11 is 3.31. The maximum atomic E-state index is 12.1. The molecular weight excluding hydrogens is 294 g/mol. The number of Topliss-reactive ketones (excluding diaryl/α,β-unsaturated/α-hetero) is 1. The van der Waals surface area contributed by atoms with E-state index < -0.39 is 0 Å². The molecule has 3 nitrogen and oxygen atoms in total. The van der Waals surface area contributed by atoms with Gasteiger partial charge in [-0.1, -0.05) is 28.1 Å². The highest BCUT2D eigenvalue weighted by molar-refractivity contribution is 9.10. The summed E-state index contributed by atoms with van der Waals surface area (Å²) in [6.07, 6.45) is 0.217. The molecule has 92 valence electrons. The van der Waals surface area contributed by atoms with Gasteiger partial charge in [0.05, 0.1) is 0 Å². The van der Waals surface area contributed by atoms with Gasteiger partial charge in [-0.25, -0.2) is 0 Å². The van der Waals surface area contributed by atoms with Crippen LogP contribution >= 0.6 is 15.9 Å². The zero-order valence-electron chi connectivity index (χ0n) is 9.56. The number of hydrogen-bond acceptors (Lipinski definition) is 3. The van der Waals surface area contributed by atoms with E-state index in [2.05, 4.69) is 15.9 Å². The van der Waals surface area contributed by atoms with E-state index in [1.165, 1.54) is 0 Å². The van der Waals surface area contributed by atoms with Crippen LogP contribution in [0.1, 0.15) is 15.9 Å². The Labute approximate surface area is 113 Å². The number of carbonyl (C=O) groups is 1. The number of aromatic hydroxyl groups is 1. The number of ketones is 1. The maximum Gasteiger partial charge on any atom is 0.169 e. The van der Waals surface area contributed by atoms with Crippen LogP contribution in [0, 0.1) is 0 Å². The van der Waals surface area contributed by atoms with E-state index in [4.69, 9.17) is 5.73 Å². The highest BCUT2D eigenvalue weighted by atomic mass is 79.9. The summed E-state index contributed by atoms with van der Waals surface area (Å²) in [5.41, 5.74) is 7.50. The van der Waals surface area contributed by atoms with Crippen LogP contribution in [0.2, 0.25) is 0 Å². The number of benzene rings is 2. The molecule has 0 saturated carbocycles. The predicted molar refractivity (Wildman–Crippen MR) is 74.7 cm³/mol. The number of anilines is 1. The number of hydrogen-bond donors (Lipinski definition) is 2. The van der Waals surface area contributed by atoms with Gasteiger partial charge < -0.3 is 10.8 Å². The first kappa shape index (κ1) is 12.6. The van der Waals surface area contributed by atoms with Crippen molar-refractivity contribution in [2.45, 2.75) is 6.42 Å². The zero-order chi connectivity index (χ0) is 13.1. The summed E-state index contributed by atoms with van der Waals surface area (Å²) in [7, 11) is 0. The van der Waals surface area contributed by atoms with Gasteiger partial charge >= 0.3 is 0 Å². The Hall–Kier alpha value is -1.81. The topological polar surface area (TPSA) is 63.3 Å². The summed E-state index contributed by atoms with van der Waals surface area (Å²) in [5, 5.41) is 9.35. The lowest BCUT2D eigenvalue weighted by Gasteiger charge is -2.06. The minimum atomic E-state index is -0.0700. The number of phenolic OH excluding ortho intramolecular Hbond substituents is 1. The van der Waals surface area contributed by atoms with Crippen LogP contribution < -0.4 is 5.73 Å². The van der Waals surface area contributed by atoms with E-state index in [1.807, 2.05) is 0 Å². The van der Waals surface area contributed by atoms with Crippen LogP contribution in [0.5, 0.6) is 5.75 Å². The highest BCUT2D eigenvalue weighted by Gasteiger charge is 2.11. The lowest BCUT2D eigenvalue weighted by Crippen LogP contribution is -2.07. The van der Waals surface area contributed by atoms with Crippen LogP contribution in [0.4, 0.5) is 5.69 Å². The van der Waals surface area contributed by atoms with E-state index in [0.717, 1.165) is 10.0 Å². The van der Waals surface area contributed by atoms with Gasteiger partial charge in [0, 0.05) is 22.1 Å². The summed E-state index contributed by atoms with van der Waals surface area (Å²) in [6, 6.07) is 11.8. The minimum absolute atomic E-state index is 0.0700. The van der Waals surface area contributed by atoms with Crippen LogP contribution in [-0.4, -0.2) is 10.9 Å². The highest BCUT2D eigenvalue weighted by Crippen LogP contribution is 2.21. The fraction of sp³-hybridized carbons (Fsp3) is 0.0714. The SMILES string of the molecule is Nc1ccc(Br)cc1C(=O)Cc1cccc(O)c1. The molecule has 0 saturated heterocycles. The van der Waals surface area contributed by atoms with Crippen LogP contribution in [-0.2, 0) is 6.42 Å². The first-order valence-corrected chi connectivity index (χ1v) is 6.21. The van der Waals surface area contributed by atoms with Crippen molar-refractivity contribution in [2.24, 2.45) is 0 Å². The second-order valence-corrected chi connectivity index (χ2v) is 4.92. The molecule has 0 heterocycles. The molecule has 0 aromatic heterocycles. The molecule has 0 amide bonds. The van der Waals surface area contributed by atoms with Gasteiger partial charge in [0.25, 0.3) is 0 Å². The number of nitrogen functional groups attached to an aromatic ring is 1. The van der Waals surface area contributed by atoms with Crippen molar-refractivity contribution in [3.63, 3.8) is 0 Å². The Morgan fingerprint density at radius 2 is 2.00 bits per heavy atom. The quantitative estimate of drug-likeness (QED) is 0.676. The predicted octanol–water partition coefficient (Wildman–Crippen LogP) is 3.16. The lowest BCUT2D eigenvalue weighted by atomic mass is 10.0. The van der Waals surface area contributed by atoms with Crippen molar-refractivity contribution in [1.29, 1.82) is 0 Å². The molecule has 0 radical (unpaired) electrons. The normalized spacial score (nSPS) is 10.3. The molecule has 0 atom stereocenters. The number of halogens is 1. The summed E-state index contributed by atoms with van der Waals surface area (Å²) in [5.74, 6) is 0.0851. The molecule has 0 aliphatic carbocycles. The Morgan fingerprint density at radius 3 is 2.72 bits per heavy atom. The molecule has 0 fully saturated rings. The lowest BCUT2D eigenvalue weighted by molar-refractivity contribution is 0.0994. The first-order valence-electron chi connectivity index (χ1n) is 5.42. The van der Waals surface area contributed by atoms with E-state index in [0.29, 0.717) is 11.3 Å². The molecule has 0 aliphatic heterocycles. The zero-order valence-corrected chi connectivity index (χ0v) is 11.1. The van der Waals surface area contributed by atoms with Crippen molar-refractivity contribution >= 4 is 27.4 Å². The summed E-state index contributed by atoms with van der Waals surface area (Å²) in [6.45, 7) is 0. The molecule has 2 rings (SSSR count). The van der Waals surface area contributed by atoms with Gasteiger partial charge in [-0.15, -0.1) is 0 Å². The van der Waals surface area contributed by atoms with E-state index >= 15 is 0 Å². The Bertz CT molecular complexity index is 596. The molecule has 0 aliphatic rings. The van der Waals surface area contributed by atoms with Crippen molar-refractivity contribution in [1.82, 2.24) is 0 Å². The summed E-state index contributed by atoms with van der Waals surface area (Å²) in [4.78, 5) is 12.1. The minimum Gasteiger partial charge on any atom is -0.508 e. The van der Waals surface area contributed by atoms with Crippen LogP contribution in [0.25, 0.3) is 0 Å². The molecule has 0 bridgehead atoms.